The van der Waals surface area contributed by atoms with E-state index in [1.165, 1.54) is 5.56 Å². The van der Waals surface area contributed by atoms with E-state index in [4.69, 9.17) is 9.47 Å². The zero-order chi connectivity index (χ0) is 16.1. The Bertz CT molecular complexity index is 630. The van der Waals surface area contributed by atoms with Gasteiger partial charge in [-0.3, -0.25) is 0 Å². The molecule has 1 aliphatic heterocycles. The molecule has 2 aromatic rings. The normalized spacial score (nSPS) is 14.2. The first-order valence-corrected chi connectivity index (χ1v) is 7.99. The first-order valence-electron chi connectivity index (χ1n) is 7.99. The van der Waals surface area contributed by atoms with Gasteiger partial charge < -0.3 is 19.5 Å². The summed E-state index contributed by atoms with van der Waals surface area (Å²) in [5.41, 5.74) is 3.45. The number of likely N-dealkylation sites (N-methyl/N-ethyl adjacent to an activating group) is 1. The molecule has 0 aliphatic carbocycles. The third-order valence-corrected chi connectivity index (χ3v) is 4.02. The summed E-state index contributed by atoms with van der Waals surface area (Å²) in [7, 11) is 1.98. The van der Waals surface area contributed by atoms with Gasteiger partial charge in [0, 0.05) is 25.7 Å². The van der Waals surface area contributed by atoms with Crippen LogP contribution in [0.1, 0.15) is 11.1 Å². The Kier molecular flexibility index (Phi) is 5.16. The topological polar surface area (TPSA) is 41.9 Å². The molecular weight excluding hydrogens is 290 g/mol. The lowest BCUT2D eigenvalue weighted by molar-refractivity contribution is 0.0324. The van der Waals surface area contributed by atoms with Gasteiger partial charge in [-0.05, 0) is 29.3 Å². The van der Waals surface area contributed by atoms with Gasteiger partial charge in [-0.15, -0.1) is 0 Å². The maximum absolute atomic E-state index is 10.2. The SMILES string of the molecule is CN(CC(O)COCc1ccccc1)c1ccc2c(c1)CCO2. The van der Waals surface area contributed by atoms with Gasteiger partial charge in [0.1, 0.15) is 5.75 Å². The second-order valence-electron chi connectivity index (χ2n) is 5.93. The molecule has 23 heavy (non-hydrogen) atoms. The van der Waals surface area contributed by atoms with Gasteiger partial charge >= 0.3 is 0 Å². The highest BCUT2D eigenvalue weighted by Gasteiger charge is 2.15. The quantitative estimate of drug-likeness (QED) is 0.853. The smallest absolute Gasteiger partial charge is 0.122 e. The van der Waals surface area contributed by atoms with Crippen LogP contribution in [0.3, 0.4) is 0 Å². The van der Waals surface area contributed by atoms with Crippen LogP contribution in [-0.2, 0) is 17.8 Å². The summed E-state index contributed by atoms with van der Waals surface area (Å²) >= 11 is 0. The van der Waals surface area contributed by atoms with Gasteiger partial charge in [0.05, 0.1) is 25.9 Å². The molecule has 1 N–H and O–H groups in total. The summed E-state index contributed by atoms with van der Waals surface area (Å²) in [6, 6.07) is 16.2. The summed E-state index contributed by atoms with van der Waals surface area (Å²) in [6.45, 7) is 2.15. The van der Waals surface area contributed by atoms with Crippen LogP contribution in [0.5, 0.6) is 5.75 Å². The van der Waals surface area contributed by atoms with Crippen molar-refractivity contribution >= 4 is 5.69 Å². The van der Waals surface area contributed by atoms with E-state index < -0.39 is 6.10 Å². The second kappa shape index (κ2) is 7.49. The zero-order valence-electron chi connectivity index (χ0n) is 13.4. The molecule has 1 heterocycles. The predicted octanol–water partition coefficient (Wildman–Crippen LogP) is 2.64. The van der Waals surface area contributed by atoms with E-state index in [0.717, 1.165) is 30.0 Å². The molecule has 0 spiro atoms. The molecule has 0 amide bonds. The minimum atomic E-state index is -0.520. The van der Waals surface area contributed by atoms with Crippen molar-refractivity contribution < 1.29 is 14.6 Å². The maximum atomic E-state index is 10.2. The molecule has 2 aromatic carbocycles. The molecule has 0 aromatic heterocycles. The van der Waals surface area contributed by atoms with Crippen molar-refractivity contribution in [3.63, 3.8) is 0 Å². The summed E-state index contributed by atoms with van der Waals surface area (Å²) in [5.74, 6) is 0.980. The molecule has 0 bridgehead atoms. The molecule has 1 atom stereocenters. The Labute approximate surface area is 137 Å². The first kappa shape index (κ1) is 15.8. The average molecular weight is 313 g/mol. The maximum Gasteiger partial charge on any atom is 0.122 e. The fraction of sp³-hybridized carbons (Fsp3) is 0.368. The van der Waals surface area contributed by atoms with Crippen molar-refractivity contribution in [3.8, 4) is 5.75 Å². The largest absolute Gasteiger partial charge is 0.493 e. The van der Waals surface area contributed by atoms with Crippen molar-refractivity contribution in [2.24, 2.45) is 0 Å². The number of hydrogen-bond acceptors (Lipinski definition) is 4. The lowest BCUT2D eigenvalue weighted by Crippen LogP contribution is -2.32. The summed E-state index contributed by atoms with van der Waals surface area (Å²) in [5, 5.41) is 10.2. The second-order valence-corrected chi connectivity index (χ2v) is 5.93. The van der Waals surface area contributed by atoms with E-state index in [-0.39, 0.29) is 0 Å². The number of benzene rings is 2. The highest BCUT2D eigenvalue weighted by atomic mass is 16.5. The van der Waals surface area contributed by atoms with Crippen LogP contribution in [0, 0.1) is 0 Å². The van der Waals surface area contributed by atoms with Crippen molar-refractivity contribution in [2.75, 3.05) is 31.7 Å². The van der Waals surface area contributed by atoms with Gasteiger partial charge in [-0.25, -0.2) is 0 Å². The van der Waals surface area contributed by atoms with Crippen LogP contribution in [0.15, 0.2) is 48.5 Å². The Morgan fingerprint density at radius 2 is 2.04 bits per heavy atom. The number of ether oxygens (including phenoxy) is 2. The van der Waals surface area contributed by atoms with Crippen molar-refractivity contribution in [1.82, 2.24) is 0 Å². The van der Waals surface area contributed by atoms with E-state index in [1.807, 2.05) is 49.5 Å². The van der Waals surface area contributed by atoms with Crippen LogP contribution in [0.25, 0.3) is 0 Å². The third-order valence-electron chi connectivity index (χ3n) is 4.02. The lowest BCUT2D eigenvalue weighted by Gasteiger charge is -2.23. The minimum Gasteiger partial charge on any atom is -0.493 e. The van der Waals surface area contributed by atoms with Gasteiger partial charge in [0.15, 0.2) is 0 Å². The van der Waals surface area contributed by atoms with Gasteiger partial charge in [-0.1, -0.05) is 30.3 Å². The molecule has 3 rings (SSSR count). The van der Waals surface area contributed by atoms with Crippen LogP contribution in [0.2, 0.25) is 0 Å². The summed E-state index contributed by atoms with van der Waals surface area (Å²) in [4.78, 5) is 2.05. The molecule has 0 radical (unpaired) electrons. The molecular formula is C19H23NO3. The molecule has 122 valence electrons. The Morgan fingerprint density at radius 1 is 1.22 bits per heavy atom. The van der Waals surface area contributed by atoms with Gasteiger partial charge in [0.2, 0.25) is 0 Å². The number of anilines is 1. The van der Waals surface area contributed by atoms with E-state index in [0.29, 0.717) is 19.8 Å². The van der Waals surface area contributed by atoms with Crippen molar-refractivity contribution in [3.05, 3.63) is 59.7 Å². The molecule has 0 fully saturated rings. The van der Waals surface area contributed by atoms with E-state index in [9.17, 15) is 5.11 Å². The van der Waals surface area contributed by atoms with Gasteiger partial charge in [-0.2, -0.15) is 0 Å². The highest BCUT2D eigenvalue weighted by Crippen LogP contribution is 2.29. The van der Waals surface area contributed by atoms with Crippen molar-refractivity contribution in [2.45, 2.75) is 19.1 Å². The van der Waals surface area contributed by atoms with Crippen LogP contribution < -0.4 is 9.64 Å². The molecule has 4 heteroatoms. The average Bonchev–Trinajstić information content (AvgIpc) is 3.03. The molecule has 4 nitrogen and oxygen atoms in total. The number of fused-ring (bicyclic) bond motifs is 1. The molecule has 0 saturated heterocycles. The van der Waals surface area contributed by atoms with Gasteiger partial charge in [0.25, 0.3) is 0 Å². The molecule has 1 aliphatic rings. The fourth-order valence-corrected chi connectivity index (χ4v) is 2.77. The van der Waals surface area contributed by atoms with E-state index in [2.05, 4.69) is 11.0 Å². The lowest BCUT2D eigenvalue weighted by atomic mass is 10.1. The fourth-order valence-electron chi connectivity index (χ4n) is 2.77. The minimum absolute atomic E-state index is 0.327. The summed E-state index contributed by atoms with van der Waals surface area (Å²) < 4.78 is 11.1. The Balaban J connectivity index is 1.46. The number of aliphatic hydroxyl groups excluding tert-OH is 1. The standard InChI is InChI=1S/C19H23NO3/c1-20(17-7-8-19-16(11-17)9-10-23-19)12-18(21)14-22-13-15-5-3-2-4-6-15/h2-8,11,18,21H,9-10,12-14H2,1H3. The van der Waals surface area contributed by atoms with Crippen LogP contribution >= 0.6 is 0 Å². The zero-order valence-corrected chi connectivity index (χ0v) is 13.4. The van der Waals surface area contributed by atoms with Crippen molar-refractivity contribution in [1.29, 1.82) is 0 Å². The number of nitrogens with zero attached hydrogens (tertiary/aromatic N) is 1. The highest BCUT2D eigenvalue weighted by molar-refractivity contribution is 5.53. The number of hydrogen-bond donors (Lipinski definition) is 1. The third kappa shape index (κ3) is 4.24. The van der Waals surface area contributed by atoms with E-state index >= 15 is 0 Å². The first-order chi connectivity index (χ1) is 11.2. The summed E-state index contributed by atoms with van der Waals surface area (Å²) in [6.07, 6.45) is 0.438. The molecule has 0 saturated carbocycles. The number of aliphatic hydroxyl groups is 1. The molecule has 1 unspecified atom stereocenters. The number of rotatable bonds is 7. The monoisotopic (exact) mass is 313 g/mol. The Morgan fingerprint density at radius 3 is 2.87 bits per heavy atom. The van der Waals surface area contributed by atoms with E-state index in [1.54, 1.807) is 0 Å². The van der Waals surface area contributed by atoms with Crippen LogP contribution in [-0.4, -0.2) is 38.0 Å². The Hall–Kier alpha value is -2.04. The van der Waals surface area contributed by atoms with Crippen LogP contribution in [0.4, 0.5) is 5.69 Å². The predicted molar refractivity (Wildman–Crippen MR) is 91.0 cm³/mol.